The van der Waals surface area contributed by atoms with Crippen LogP contribution in [0.15, 0.2) is 24.3 Å². The highest BCUT2D eigenvalue weighted by atomic mass is 16.5. The summed E-state index contributed by atoms with van der Waals surface area (Å²) in [5, 5.41) is 9.36. The van der Waals surface area contributed by atoms with Crippen molar-refractivity contribution in [2.75, 3.05) is 7.11 Å². The van der Waals surface area contributed by atoms with E-state index in [1.54, 1.807) is 18.2 Å². The van der Waals surface area contributed by atoms with Gasteiger partial charge in [0.2, 0.25) is 0 Å². The predicted molar refractivity (Wildman–Crippen MR) is 62.3 cm³/mol. The van der Waals surface area contributed by atoms with Crippen LogP contribution in [-0.2, 0) is 9.53 Å². The number of ether oxygens (including phenoxy) is 1. The molecule has 0 saturated carbocycles. The summed E-state index contributed by atoms with van der Waals surface area (Å²) in [7, 11) is 1.31. The Morgan fingerprint density at radius 3 is 2.76 bits per heavy atom. The third kappa shape index (κ3) is 3.64. The molecule has 1 amide bonds. The third-order valence-corrected chi connectivity index (χ3v) is 2.11. The monoisotopic (exact) mass is 235 g/mol. The number of hydrogen-bond donors (Lipinski definition) is 2. The van der Waals surface area contributed by atoms with Crippen LogP contribution in [0.4, 0.5) is 0 Å². The lowest BCUT2D eigenvalue weighted by Gasteiger charge is -2.01. The van der Waals surface area contributed by atoms with Crippen LogP contribution in [0.5, 0.6) is 5.75 Å². The van der Waals surface area contributed by atoms with Crippen LogP contribution in [0.2, 0.25) is 0 Å². The molecule has 1 rings (SSSR count). The minimum atomic E-state index is -0.703. The molecule has 5 heteroatoms. The Bertz CT molecular complexity index is 466. The Morgan fingerprint density at radius 1 is 1.47 bits per heavy atom. The van der Waals surface area contributed by atoms with Gasteiger partial charge in [0.25, 0.3) is 5.91 Å². The van der Waals surface area contributed by atoms with Crippen molar-refractivity contribution in [3.05, 3.63) is 35.4 Å². The molecule has 1 aromatic rings. The molecule has 90 valence electrons. The van der Waals surface area contributed by atoms with Crippen molar-refractivity contribution in [2.24, 2.45) is 5.73 Å². The number of benzene rings is 1. The topological polar surface area (TPSA) is 89.6 Å². The molecule has 1 aromatic carbocycles. The van der Waals surface area contributed by atoms with E-state index in [0.717, 1.165) is 0 Å². The Morgan fingerprint density at radius 2 is 2.18 bits per heavy atom. The van der Waals surface area contributed by atoms with Gasteiger partial charge in [-0.2, -0.15) is 0 Å². The van der Waals surface area contributed by atoms with E-state index in [9.17, 15) is 14.7 Å². The SMILES string of the molecule is COC(=O)CC=Cc1ccc(O)c(C(N)=O)c1. The molecule has 0 aromatic heterocycles. The molecule has 0 bridgehead atoms. The Labute approximate surface area is 98.5 Å². The largest absolute Gasteiger partial charge is 0.507 e. The van der Waals surface area contributed by atoms with Gasteiger partial charge >= 0.3 is 5.97 Å². The number of aromatic hydroxyl groups is 1. The maximum absolute atomic E-state index is 11.0. The number of carbonyl (C=O) groups is 2. The second kappa shape index (κ2) is 5.69. The number of carbonyl (C=O) groups excluding carboxylic acids is 2. The molecule has 0 fully saturated rings. The zero-order valence-corrected chi connectivity index (χ0v) is 9.34. The standard InChI is InChI=1S/C12H13NO4/c1-17-11(15)4-2-3-8-5-6-10(14)9(7-8)12(13)16/h2-3,5-7,14H,4H2,1H3,(H2,13,16). The zero-order chi connectivity index (χ0) is 12.8. The molecule has 0 spiro atoms. The van der Waals surface area contributed by atoms with Crippen LogP contribution in [0, 0.1) is 0 Å². The number of nitrogens with two attached hydrogens (primary N) is 1. The molecule has 17 heavy (non-hydrogen) atoms. The summed E-state index contributed by atoms with van der Waals surface area (Å²) in [6.45, 7) is 0. The quantitative estimate of drug-likeness (QED) is 0.764. The summed E-state index contributed by atoms with van der Waals surface area (Å²) in [5.41, 5.74) is 5.80. The lowest BCUT2D eigenvalue weighted by atomic mass is 10.1. The van der Waals surface area contributed by atoms with E-state index in [1.807, 2.05) is 0 Å². The fourth-order valence-electron chi connectivity index (χ4n) is 1.23. The molecule has 0 unspecified atom stereocenters. The number of methoxy groups -OCH3 is 1. The van der Waals surface area contributed by atoms with Gasteiger partial charge in [0.1, 0.15) is 5.75 Å². The Balaban J connectivity index is 2.82. The number of hydrogen-bond acceptors (Lipinski definition) is 4. The number of esters is 1. The van der Waals surface area contributed by atoms with E-state index in [-0.39, 0.29) is 23.7 Å². The van der Waals surface area contributed by atoms with Gasteiger partial charge in [0.05, 0.1) is 19.1 Å². The third-order valence-electron chi connectivity index (χ3n) is 2.11. The van der Waals surface area contributed by atoms with E-state index in [4.69, 9.17) is 5.73 Å². The second-order valence-electron chi connectivity index (χ2n) is 3.32. The summed E-state index contributed by atoms with van der Waals surface area (Å²) in [5.74, 6) is -1.22. The summed E-state index contributed by atoms with van der Waals surface area (Å²) >= 11 is 0. The maximum atomic E-state index is 11.0. The summed E-state index contributed by atoms with van der Waals surface area (Å²) in [6.07, 6.45) is 3.38. The smallest absolute Gasteiger partial charge is 0.309 e. The first-order valence-corrected chi connectivity index (χ1v) is 4.90. The first kappa shape index (κ1) is 12.8. The highest BCUT2D eigenvalue weighted by Crippen LogP contribution is 2.18. The number of phenols is 1. The van der Waals surface area contributed by atoms with Crippen molar-refractivity contribution in [1.29, 1.82) is 0 Å². The van der Waals surface area contributed by atoms with Crippen LogP contribution in [0.25, 0.3) is 6.08 Å². The van der Waals surface area contributed by atoms with Gasteiger partial charge < -0.3 is 15.6 Å². The van der Waals surface area contributed by atoms with Gasteiger partial charge in [-0.15, -0.1) is 0 Å². The molecule has 0 saturated heterocycles. The van der Waals surface area contributed by atoms with Crippen molar-refractivity contribution in [1.82, 2.24) is 0 Å². The van der Waals surface area contributed by atoms with Gasteiger partial charge in [-0.05, 0) is 17.7 Å². The second-order valence-corrected chi connectivity index (χ2v) is 3.32. The molecule has 0 heterocycles. The zero-order valence-electron chi connectivity index (χ0n) is 9.34. The molecule has 0 aliphatic carbocycles. The van der Waals surface area contributed by atoms with Crippen LogP contribution in [0.3, 0.4) is 0 Å². The van der Waals surface area contributed by atoms with Crippen LogP contribution in [0.1, 0.15) is 22.3 Å². The highest BCUT2D eigenvalue weighted by molar-refractivity contribution is 5.96. The Hall–Kier alpha value is -2.30. The molecule has 0 aliphatic heterocycles. The van der Waals surface area contributed by atoms with Crippen LogP contribution in [-0.4, -0.2) is 24.1 Å². The lowest BCUT2D eigenvalue weighted by Crippen LogP contribution is -2.11. The minimum Gasteiger partial charge on any atom is -0.507 e. The molecular formula is C12H13NO4. The fraction of sp³-hybridized carbons (Fsp3) is 0.167. The van der Waals surface area contributed by atoms with Crippen molar-refractivity contribution >= 4 is 18.0 Å². The average molecular weight is 235 g/mol. The first-order valence-electron chi connectivity index (χ1n) is 4.90. The molecule has 0 atom stereocenters. The van der Waals surface area contributed by atoms with Gasteiger partial charge in [-0.3, -0.25) is 9.59 Å². The lowest BCUT2D eigenvalue weighted by molar-refractivity contribution is -0.139. The molecule has 0 aliphatic rings. The van der Waals surface area contributed by atoms with Gasteiger partial charge in [0.15, 0.2) is 0 Å². The van der Waals surface area contributed by atoms with Crippen molar-refractivity contribution < 1.29 is 19.4 Å². The Kier molecular flexibility index (Phi) is 4.28. The number of amides is 1. The number of rotatable bonds is 4. The summed E-state index contributed by atoms with van der Waals surface area (Å²) in [4.78, 5) is 21.8. The average Bonchev–Trinajstić information content (AvgIpc) is 2.30. The fourth-order valence-corrected chi connectivity index (χ4v) is 1.23. The summed E-state index contributed by atoms with van der Waals surface area (Å²) < 4.78 is 4.46. The van der Waals surface area contributed by atoms with Gasteiger partial charge in [0, 0.05) is 0 Å². The predicted octanol–water partition coefficient (Wildman–Crippen LogP) is 1.07. The van der Waals surface area contributed by atoms with Crippen LogP contribution >= 0.6 is 0 Å². The van der Waals surface area contributed by atoms with Gasteiger partial charge in [-0.1, -0.05) is 18.2 Å². The van der Waals surface area contributed by atoms with E-state index in [1.165, 1.54) is 19.2 Å². The molecule has 5 nitrogen and oxygen atoms in total. The van der Waals surface area contributed by atoms with E-state index < -0.39 is 5.91 Å². The maximum Gasteiger partial charge on any atom is 0.309 e. The van der Waals surface area contributed by atoms with Crippen LogP contribution < -0.4 is 5.73 Å². The minimum absolute atomic E-state index is 0.0465. The summed E-state index contributed by atoms with van der Waals surface area (Å²) in [6, 6.07) is 4.43. The first-order chi connectivity index (χ1) is 8.04. The van der Waals surface area contributed by atoms with E-state index in [0.29, 0.717) is 5.56 Å². The highest BCUT2D eigenvalue weighted by Gasteiger charge is 2.06. The number of primary amides is 1. The normalized spacial score (nSPS) is 10.4. The van der Waals surface area contributed by atoms with Gasteiger partial charge in [-0.25, -0.2) is 0 Å². The molecular weight excluding hydrogens is 222 g/mol. The van der Waals surface area contributed by atoms with Crippen molar-refractivity contribution in [3.8, 4) is 5.75 Å². The van der Waals surface area contributed by atoms with Crippen molar-refractivity contribution in [2.45, 2.75) is 6.42 Å². The van der Waals surface area contributed by atoms with E-state index in [2.05, 4.69) is 4.74 Å². The molecule has 3 N–H and O–H groups in total. The van der Waals surface area contributed by atoms with Crippen molar-refractivity contribution in [3.63, 3.8) is 0 Å². The van der Waals surface area contributed by atoms with E-state index >= 15 is 0 Å². The molecule has 0 radical (unpaired) electrons.